The van der Waals surface area contributed by atoms with Gasteiger partial charge in [0.05, 0.1) is 11.3 Å². The zero-order valence-corrected chi connectivity index (χ0v) is 14.4. The Morgan fingerprint density at radius 3 is 2.69 bits per heavy atom. The molecule has 0 bridgehead atoms. The Morgan fingerprint density at radius 2 is 2.00 bits per heavy atom. The minimum Gasteiger partial charge on any atom is -0.369 e. The summed E-state index contributed by atoms with van der Waals surface area (Å²) in [5.41, 5.74) is 4.94. The molecule has 0 aliphatic rings. The van der Waals surface area contributed by atoms with Crippen LogP contribution in [0.5, 0.6) is 0 Å². The van der Waals surface area contributed by atoms with Crippen LogP contribution in [0, 0.1) is 5.41 Å². The first kappa shape index (κ1) is 18.1. The van der Waals surface area contributed by atoms with Crippen LogP contribution in [0.25, 0.3) is 22.4 Å². The van der Waals surface area contributed by atoms with E-state index < -0.39 is 11.7 Å². The summed E-state index contributed by atoms with van der Waals surface area (Å²) in [6.45, 7) is 4.83. The van der Waals surface area contributed by atoms with Crippen LogP contribution in [-0.4, -0.2) is 33.3 Å². The lowest BCUT2D eigenvalue weighted by atomic mass is 9.94. The van der Waals surface area contributed by atoms with Crippen LogP contribution < -0.4 is 11.1 Å². The molecule has 0 amide bonds. The third-order valence-corrected chi connectivity index (χ3v) is 4.07. The van der Waals surface area contributed by atoms with E-state index in [2.05, 4.69) is 25.5 Å². The molecule has 0 spiro atoms. The van der Waals surface area contributed by atoms with Gasteiger partial charge in [-0.3, -0.25) is 5.10 Å². The van der Waals surface area contributed by atoms with Crippen LogP contribution in [0.1, 0.15) is 22.3 Å². The number of aromatic amines is 1. The Hall–Kier alpha value is -2.68. The van der Waals surface area contributed by atoms with Gasteiger partial charge in [0, 0.05) is 21.0 Å². The zero-order valence-electron chi connectivity index (χ0n) is 14.4. The lowest BCUT2D eigenvalue weighted by Gasteiger charge is -2.23. The first-order chi connectivity index (χ1) is 12.2. The molecule has 0 aromatic carbocycles. The van der Waals surface area contributed by atoms with Crippen molar-refractivity contribution >= 4 is 16.9 Å². The number of aromatic nitrogens is 4. The summed E-state index contributed by atoms with van der Waals surface area (Å²) in [5, 5.41) is 10.1. The topological polar surface area (TPSA) is 92.5 Å². The number of hydrogen-bond donors (Lipinski definition) is 3. The smallest absolute Gasteiger partial charge is 0.369 e. The highest BCUT2D eigenvalue weighted by Gasteiger charge is 2.35. The first-order valence-corrected chi connectivity index (χ1v) is 8.03. The van der Waals surface area contributed by atoms with Gasteiger partial charge in [0.25, 0.3) is 0 Å². The maximum atomic E-state index is 13.5. The highest BCUT2D eigenvalue weighted by atomic mass is 19.4. The van der Waals surface area contributed by atoms with Crippen molar-refractivity contribution in [1.82, 2.24) is 20.2 Å². The Morgan fingerprint density at radius 1 is 1.23 bits per heavy atom. The molecule has 0 fully saturated rings. The van der Waals surface area contributed by atoms with Gasteiger partial charge in [-0.1, -0.05) is 13.8 Å². The molecular weight excluding hydrogens is 345 g/mol. The van der Waals surface area contributed by atoms with E-state index in [-0.39, 0.29) is 19.7 Å². The second kappa shape index (κ2) is 6.56. The highest BCUT2D eigenvalue weighted by molar-refractivity contribution is 5.90. The average Bonchev–Trinajstić information content (AvgIpc) is 3.03. The van der Waals surface area contributed by atoms with Crippen molar-refractivity contribution in [2.45, 2.75) is 20.0 Å². The molecule has 0 unspecified atom stereocenters. The molecular formula is C17H23F3N6. The van der Waals surface area contributed by atoms with E-state index in [0.717, 1.165) is 6.07 Å². The molecule has 3 heterocycles. The first-order valence-electron chi connectivity index (χ1n) is 8.03. The number of nitrogens with one attached hydrogen (secondary N) is 2. The molecule has 0 atom stereocenters. The largest absolute Gasteiger partial charge is 0.418 e. The number of fused-ring (bicyclic) bond motifs is 1. The van der Waals surface area contributed by atoms with E-state index >= 15 is 0 Å². The number of rotatable bonds is 5. The predicted molar refractivity (Wildman–Crippen MR) is 97.7 cm³/mol. The molecule has 9 heteroatoms. The average molecular weight is 368 g/mol. The fourth-order valence-corrected chi connectivity index (χ4v) is 2.41. The van der Waals surface area contributed by atoms with Crippen molar-refractivity contribution < 1.29 is 16.0 Å². The fourth-order valence-electron chi connectivity index (χ4n) is 2.41. The number of halogens is 3. The zero-order chi connectivity index (χ0) is 18.9. The fraction of sp³-hybridized carbons (Fsp3) is 0.353. The van der Waals surface area contributed by atoms with Gasteiger partial charge in [-0.15, -0.1) is 0 Å². The SMILES string of the molecule is CC(C)(CN)CNc1ccc(C(F)(F)F)c(-c2[nH]nc3ncccc23)n1.[HH].[HH]. The summed E-state index contributed by atoms with van der Waals surface area (Å²) in [6, 6.07) is 5.63. The van der Waals surface area contributed by atoms with Gasteiger partial charge in [0.1, 0.15) is 11.5 Å². The number of H-pyrrole nitrogens is 1. The summed E-state index contributed by atoms with van der Waals surface area (Å²) >= 11 is 0. The van der Waals surface area contributed by atoms with Crippen LogP contribution in [0.4, 0.5) is 19.0 Å². The second-order valence-electron chi connectivity index (χ2n) is 6.79. The summed E-state index contributed by atoms with van der Waals surface area (Å²) in [5.74, 6) is 0.334. The standard InChI is InChI=1S/C17H19F3N6.2H2/c1-16(2,8-21)9-23-12-6-5-11(17(18,19)20)14(24-12)13-10-4-3-7-22-15(10)26-25-13;;/h3-7H,8-9,21H2,1-2H3,(H,23,24)(H,22,25,26);2*1H. The van der Waals surface area contributed by atoms with Crippen molar-refractivity contribution in [1.29, 1.82) is 0 Å². The molecule has 4 N–H and O–H groups in total. The molecule has 26 heavy (non-hydrogen) atoms. The number of anilines is 1. The minimum absolute atomic E-state index is 0. The van der Waals surface area contributed by atoms with E-state index in [0.29, 0.717) is 29.9 Å². The van der Waals surface area contributed by atoms with Gasteiger partial charge in [-0.05, 0) is 36.2 Å². The summed E-state index contributed by atoms with van der Waals surface area (Å²) in [4.78, 5) is 8.24. The van der Waals surface area contributed by atoms with Crippen LogP contribution >= 0.6 is 0 Å². The predicted octanol–water partition coefficient (Wildman–Crippen LogP) is 3.93. The molecule has 3 rings (SSSR count). The molecule has 0 saturated heterocycles. The third kappa shape index (κ3) is 3.62. The number of pyridine rings is 2. The molecule has 142 valence electrons. The minimum atomic E-state index is -4.54. The summed E-state index contributed by atoms with van der Waals surface area (Å²) in [7, 11) is 0. The van der Waals surface area contributed by atoms with E-state index in [1.54, 1.807) is 12.1 Å². The molecule has 3 aromatic heterocycles. The van der Waals surface area contributed by atoms with E-state index in [9.17, 15) is 13.2 Å². The van der Waals surface area contributed by atoms with Gasteiger partial charge < -0.3 is 11.1 Å². The summed E-state index contributed by atoms with van der Waals surface area (Å²) < 4.78 is 40.4. The molecule has 6 nitrogen and oxygen atoms in total. The quantitative estimate of drug-likeness (QED) is 0.635. The molecule has 0 aliphatic heterocycles. The van der Waals surface area contributed by atoms with Crippen LogP contribution in [-0.2, 0) is 6.18 Å². The molecule has 3 aromatic rings. The Kier molecular flexibility index (Phi) is 4.57. The van der Waals surface area contributed by atoms with E-state index in [1.807, 2.05) is 13.8 Å². The molecule has 0 aliphatic carbocycles. The maximum Gasteiger partial charge on any atom is 0.418 e. The van der Waals surface area contributed by atoms with Crippen LogP contribution in [0.15, 0.2) is 30.5 Å². The van der Waals surface area contributed by atoms with E-state index in [1.165, 1.54) is 12.3 Å². The highest BCUT2D eigenvalue weighted by Crippen LogP contribution is 2.38. The molecule has 0 saturated carbocycles. The summed E-state index contributed by atoms with van der Waals surface area (Å²) in [6.07, 6.45) is -3.02. The van der Waals surface area contributed by atoms with Gasteiger partial charge in [0.2, 0.25) is 0 Å². The Labute approximate surface area is 151 Å². The number of hydrogen-bond acceptors (Lipinski definition) is 5. The van der Waals surface area contributed by atoms with Crippen molar-refractivity contribution in [3.63, 3.8) is 0 Å². The van der Waals surface area contributed by atoms with Crippen LogP contribution in [0.2, 0.25) is 0 Å². The Balaban J connectivity index is 0.00000196. The monoisotopic (exact) mass is 368 g/mol. The number of nitrogens with two attached hydrogens (primary N) is 1. The van der Waals surface area contributed by atoms with Crippen molar-refractivity contribution in [3.8, 4) is 11.4 Å². The van der Waals surface area contributed by atoms with Crippen molar-refractivity contribution in [2.24, 2.45) is 11.1 Å². The normalized spacial score (nSPS) is 12.5. The third-order valence-electron chi connectivity index (χ3n) is 4.07. The van der Waals surface area contributed by atoms with Crippen molar-refractivity contribution in [2.75, 3.05) is 18.4 Å². The number of alkyl halides is 3. The van der Waals surface area contributed by atoms with Gasteiger partial charge in [-0.25, -0.2) is 9.97 Å². The van der Waals surface area contributed by atoms with Gasteiger partial charge in [-0.2, -0.15) is 18.3 Å². The molecule has 0 radical (unpaired) electrons. The van der Waals surface area contributed by atoms with Gasteiger partial charge in [0.15, 0.2) is 5.65 Å². The number of nitrogens with zero attached hydrogens (tertiary/aromatic N) is 3. The van der Waals surface area contributed by atoms with Gasteiger partial charge >= 0.3 is 6.18 Å². The lowest BCUT2D eigenvalue weighted by Crippen LogP contribution is -2.31. The Bertz CT molecular complexity index is 927. The van der Waals surface area contributed by atoms with Crippen LogP contribution in [0.3, 0.4) is 0 Å². The lowest BCUT2D eigenvalue weighted by molar-refractivity contribution is -0.137. The van der Waals surface area contributed by atoms with Crippen molar-refractivity contribution in [3.05, 3.63) is 36.0 Å². The second-order valence-corrected chi connectivity index (χ2v) is 6.79. The van der Waals surface area contributed by atoms with E-state index in [4.69, 9.17) is 5.73 Å². The maximum absolute atomic E-state index is 13.5.